The Morgan fingerprint density at radius 1 is 0.906 bits per heavy atom. The van der Waals surface area contributed by atoms with E-state index in [0.717, 1.165) is 26.4 Å². The van der Waals surface area contributed by atoms with Gasteiger partial charge < -0.3 is 9.73 Å². The summed E-state index contributed by atoms with van der Waals surface area (Å²) in [5.41, 5.74) is 2.90. The number of benzene rings is 4. The lowest BCUT2D eigenvalue weighted by molar-refractivity contribution is 0.103. The molecule has 0 radical (unpaired) electrons. The normalized spacial score (nSPS) is 11.4. The third-order valence-corrected chi connectivity index (χ3v) is 7.08. The molecule has 0 spiro atoms. The van der Waals surface area contributed by atoms with E-state index in [4.69, 9.17) is 16.0 Å². The Kier molecular flexibility index (Phi) is 4.45. The van der Waals surface area contributed by atoms with Crippen molar-refractivity contribution in [3.05, 3.63) is 94.8 Å². The highest BCUT2D eigenvalue weighted by atomic mass is 35.5. The van der Waals surface area contributed by atoms with Crippen molar-refractivity contribution >= 4 is 66.5 Å². The van der Waals surface area contributed by atoms with Crippen LogP contribution in [0.2, 0.25) is 5.02 Å². The fraction of sp³-hybridized carbons (Fsp3) is 0. The van der Waals surface area contributed by atoms with Crippen molar-refractivity contribution in [2.75, 3.05) is 5.32 Å². The number of hydrogen-bond acceptors (Lipinski definition) is 4. The van der Waals surface area contributed by atoms with E-state index in [2.05, 4.69) is 28.5 Å². The first-order valence-corrected chi connectivity index (χ1v) is 11.2. The summed E-state index contributed by atoms with van der Waals surface area (Å²) >= 11 is 7.83. The van der Waals surface area contributed by atoms with Gasteiger partial charge in [-0.25, -0.2) is 4.98 Å². The number of rotatable bonds is 3. The van der Waals surface area contributed by atoms with Crippen molar-refractivity contribution in [1.82, 2.24) is 4.98 Å². The monoisotopic (exact) mass is 454 g/mol. The lowest BCUT2D eigenvalue weighted by Crippen LogP contribution is -2.10. The maximum Gasteiger partial charge on any atom is 0.267 e. The van der Waals surface area contributed by atoms with Crippen LogP contribution in [0.1, 0.15) is 9.67 Å². The SMILES string of the molecule is O=C(Nc1ccc2oc(-c3cccc4ccccc34)nc2c1)c1sc2ccccc2c1Cl. The highest BCUT2D eigenvalue weighted by molar-refractivity contribution is 7.21. The van der Waals surface area contributed by atoms with Crippen molar-refractivity contribution in [2.45, 2.75) is 0 Å². The second-order valence-corrected chi connectivity index (χ2v) is 8.85. The summed E-state index contributed by atoms with van der Waals surface area (Å²) < 4.78 is 7.00. The molecule has 0 fully saturated rings. The van der Waals surface area contributed by atoms with Gasteiger partial charge in [0.25, 0.3) is 5.91 Å². The number of anilines is 1. The lowest BCUT2D eigenvalue weighted by atomic mass is 10.0. The Bertz CT molecular complexity index is 1650. The van der Waals surface area contributed by atoms with E-state index in [1.54, 1.807) is 6.07 Å². The van der Waals surface area contributed by atoms with Gasteiger partial charge in [-0.2, -0.15) is 0 Å². The van der Waals surface area contributed by atoms with Crippen LogP contribution in [0.3, 0.4) is 0 Å². The van der Waals surface area contributed by atoms with Gasteiger partial charge in [0.1, 0.15) is 10.4 Å². The van der Waals surface area contributed by atoms with Crippen LogP contribution in [0, 0.1) is 0 Å². The Hall–Kier alpha value is -3.67. The summed E-state index contributed by atoms with van der Waals surface area (Å²) in [7, 11) is 0. The molecule has 0 aliphatic carbocycles. The van der Waals surface area contributed by atoms with E-state index in [0.29, 0.717) is 32.6 Å². The molecule has 4 aromatic carbocycles. The molecule has 0 unspecified atom stereocenters. The van der Waals surface area contributed by atoms with E-state index in [9.17, 15) is 4.79 Å². The van der Waals surface area contributed by atoms with Crippen LogP contribution in [0.4, 0.5) is 5.69 Å². The Morgan fingerprint density at radius 3 is 2.56 bits per heavy atom. The number of thiophene rings is 1. The standard InChI is InChI=1S/C26H15ClN2O2S/c27-23-19-9-3-4-11-22(19)32-24(23)25(30)28-16-12-13-21-20(14-16)29-26(31-21)18-10-5-7-15-6-1-2-8-17(15)18/h1-14H,(H,28,30). The minimum Gasteiger partial charge on any atom is -0.436 e. The van der Waals surface area contributed by atoms with Crippen LogP contribution in [0.25, 0.3) is 43.4 Å². The molecule has 6 heteroatoms. The van der Waals surface area contributed by atoms with Crippen LogP contribution in [0.15, 0.2) is 89.3 Å². The van der Waals surface area contributed by atoms with Gasteiger partial charge in [0.15, 0.2) is 5.58 Å². The number of carbonyl (C=O) groups is 1. The number of carbonyl (C=O) groups excluding carboxylic acids is 1. The summed E-state index contributed by atoms with van der Waals surface area (Å²) in [4.78, 5) is 18.1. The molecule has 154 valence electrons. The molecule has 6 rings (SSSR count). The molecule has 0 bridgehead atoms. The van der Waals surface area contributed by atoms with Gasteiger partial charge in [0, 0.05) is 21.3 Å². The Morgan fingerprint density at radius 2 is 1.69 bits per heavy atom. The highest BCUT2D eigenvalue weighted by Crippen LogP contribution is 2.36. The minimum absolute atomic E-state index is 0.242. The maximum absolute atomic E-state index is 12.9. The van der Waals surface area contributed by atoms with E-state index in [1.165, 1.54) is 11.3 Å². The zero-order chi connectivity index (χ0) is 21.7. The number of fused-ring (bicyclic) bond motifs is 3. The fourth-order valence-corrected chi connectivity index (χ4v) is 5.29. The van der Waals surface area contributed by atoms with Crippen LogP contribution in [-0.4, -0.2) is 10.9 Å². The molecule has 6 aromatic rings. The maximum atomic E-state index is 12.9. The first kappa shape index (κ1) is 19.0. The molecule has 1 N–H and O–H groups in total. The molecule has 0 saturated heterocycles. The average Bonchev–Trinajstić information content (AvgIpc) is 3.40. The predicted molar refractivity (Wildman–Crippen MR) is 132 cm³/mol. The smallest absolute Gasteiger partial charge is 0.267 e. The van der Waals surface area contributed by atoms with E-state index in [-0.39, 0.29) is 5.91 Å². The van der Waals surface area contributed by atoms with Crippen molar-refractivity contribution in [1.29, 1.82) is 0 Å². The zero-order valence-electron chi connectivity index (χ0n) is 16.6. The number of amides is 1. The molecule has 2 aromatic heterocycles. The molecular formula is C26H15ClN2O2S. The number of oxazole rings is 1. The van der Waals surface area contributed by atoms with Gasteiger partial charge in [-0.1, -0.05) is 66.2 Å². The summed E-state index contributed by atoms with van der Waals surface area (Å²) in [6.45, 7) is 0. The Labute approximate surface area is 192 Å². The lowest BCUT2D eigenvalue weighted by Gasteiger charge is -2.03. The number of nitrogens with one attached hydrogen (secondary N) is 1. The van der Waals surface area contributed by atoms with Crippen molar-refractivity contribution in [3.8, 4) is 11.5 Å². The van der Waals surface area contributed by atoms with Crippen LogP contribution in [0.5, 0.6) is 0 Å². The molecule has 0 aliphatic heterocycles. The first-order valence-electron chi connectivity index (χ1n) is 10.0. The topological polar surface area (TPSA) is 55.1 Å². The molecule has 0 aliphatic rings. The molecule has 0 atom stereocenters. The van der Waals surface area contributed by atoms with Gasteiger partial charge >= 0.3 is 0 Å². The van der Waals surface area contributed by atoms with Gasteiger partial charge in [0.2, 0.25) is 5.89 Å². The minimum atomic E-state index is -0.242. The molecule has 32 heavy (non-hydrogen) atoms. The molecule has 1 amide bonds. The van der Waals surface area contributed by atoms with Gasteiger partial charge in [-0.15, -0.1) is 11.3 Å². The van der Waals surface area contributed by atoms with Gasteiger partial charge in [-0.3, -0.25) is 4.79 Å². The molecule has 2 heterocycles. The Balaban J connectivity index is 1.35. The van der Waals surface area contributed by atoms with Gasteiger partial charge in [-0.05, 0) is 41.1 Å². The van der Waals surface area contributed by atoms with Crippen LogP contribution in [-0.2, 0) is 0 Å². The second-order valence-electron chi connectivity index (χ2n) is 7.42. The van der Waals surface area contributed by atoms with Gasteiger partial charge in [0.05, 0.1) is 5.02 Å². The fourth-order valence-electron chi connectivity index (χ4n) is 3.88. The quantitative estimate of drug-likeness (QED) is 0.297. The largest absolute Gasteiger partial charge is 0.436 e. The summed E-state index contributed by atoms with van der Waals surface area (Å²) in [5, 5.41) is 6.50. The van der Waals surface area contributed by atoms with Crippen molar-refractivity contribution in [2.24, 2.45) is 0 Å². The van der Waals surface area contributed by atoms with E-state index >= 15 is 0 Å². The molecule has 4 nitrogen and oxygen atoms in total. The average molecular weight is 455 g/mol. The zero-order valence-corrected chi connectivity index (χ0v) is 18.2. The summed E-state index contributed by atoms with van der Waals surface area (Å²) in [6.07, 6.45) is 0. The van der Waals surface area contributed by atoms with Crippen LogP contribution >= 0.6 is 22.9 Å². The van der Waals surface area contributed by atoms with Crippen molar-refractivity contribution < 1.29 is 9.21 Å². The van der Waals surface area contributed by atoms with E-state index < -0.39 is 0 Å². The third-order valence-electron chi connectivity index (χ3n) is 5.41. The second kappa shape index (κ2) is 7.48. The molecular weight excluding hydrogens is 440 g/mol. The number of nitrogens with zero attached hydrogens (tertiary/aromatic N) is 1. The van der Waals surface area contributed by atoms with E-state index in [1.807, 2.05) is 60.7 Å². The molecule has 0 saturated carbocycles. The summed E-state index contributed by atoms with van der Waals surface area (Å²) in [5.74, 6) is 0.307. The highest BCUT2D eigenvalue weighted by Gasteiger charge is 2.18. The predicted octanol–water partition coefficient (Wildman–Crippen LogP) is 7.77. The third kappa shape index (κ3) is 3.14. The first-order chi connectivity index (χ1) is 15.7. The van der Waals surface area contributed by atoms with Crippen molar-refractivity contribution in [3.63, 3.8) is 0 Å². The van der Waals surface area contributed by atoms with Crippen LogP contribution < -0.4 is 5.32 Å². The number of aromatic nitrogens is 1. The number of hydrogen-bond donors (Lipinski definition) is 1. The summed E-state index contributed by atoms with van der Waals surface area (Å²) in [6, 6.07) is 27.3. The number of halogens is 1.